The van der Waals surface area contributed by atoms with Crippen molar-refractivity contribution in [1.29, 1.82) is 0 Å². The molecule has 0 aliphatic carbocycles. The number of hydrogen-bond acceptors (Lipinski definition) is 4. The minimum atomic E-state index is -5.10. The molecule has 2 N–H and O–H groups in total. The molecule has 1 unspecified atom stereocenters. The molecule has 4 nitrogen and oxygen atoms in total. The zero-order valence-electron chi connectivity index (χ0n) is 13.7. The maximum atomic E-state index is 12.7. The molecule has 26 heavy (non-hydrogen) atoms. The van der Waals surface area contributed by atoms with Crippen molar-refractivity contribution < 1.29 is 27.8 Å². The van der Waals surface area contributed by atoms with Gasteiger partial charge < -0.3 is 15.2 Å². The molecule has 0 fully saturated rings. The Morgan fingerprint density at radius 1 is 1.15 bits per heavy atom. The van der Waals surface area contributed by atoms with E-state index in [4.69, 9.17) is 16.3 Å². The van der Waals surface area contributed by atoms with E-state index in [2.05, 4.69) is 0 Å². The van der Waals surface area contributed by atoms with Crippen LogP contribution < -0.4 is 10.1 Å². The van der Waals surface area contributed by atoms with Crippen molar-refractivity contribution in [3.05, 3.63) is 47.5 Å². The monoisotopic (exact) mass is 405 g/mol. The van der Waals surface area contributed by atoms with Gasteiger partial charge in [-0.2, -0.15) is 13.2 Å². The van der Waals surface area contributed by atoms with Crippen LogP contribution >= 0.6 is 23.4 Å². The van der Waals surface area contributed by atoms with Gasteiger partial charge in [0.1, 0.15) is 5.75 Å². The predicted molar refractivity (Wildman–Crippen MR) is 93.9 cm³/mol. The van der Waals surface area contributed by atoms with Gasteiger partial charge in [0.05, 0.1) is 17.8 Å². The molecule has 140 valence electrons. The molecular weight excluding hydrogens is 391 g/mol. The van der Waals surface area contributed by atoms with Crippen LogP contribution in [-0.4, -0.2) is 29.9 Å². The van der Waals surface area contributed by atoms with Crippen LogP contribution in [0.2, 0.25) is 5.02 Å². The molecule has 1 atom stereocenters. The van der Waals surface area contributed by atoms with Gasteiger partial charge in [0.2, 0.25) is 5.60 Å². The van der Waals surface area contributed by atoms with E-state index in [1.807, 2.05) is 17.4 Å². The van der Waals surface area contributed by atoms with Crippen molar-refractivity contribution in [3.8, 4) is 5.75 Å². The number of halogens is 4. The first kappa shape index (κ1) is 20.4. The van der Waals surface area contributed by atoms with Crippen LogP contribution in [0.3, 0.4) is 0 Å². The highest BCUT2D eigenvalue weighted by atomic mass is 35.5. The summed E-state index contributed by atoms with van der Waals surface area (Å²) in [6.07, 6.45) is -5.10. The van der Waals surface area contributed by atoms with Gasteiger partial charge in [-0.25, -0.2) is 0 Å². The van der Waals surface area contributed by atoms with Gasteiger partial charge in [-0.3, -0.25) is 4.79 Å². The lowest BCUT2D eigenvalue weighted by atomic mass is 10.1. The molecule has 0 saturated carbocycles. The summed E-state index contributed by atoms with van der Waals surface area (Å²) >= 11 is 7.42. The van der Waals surface area contributed by atoms with Crippen LogP contribution in [0.15, 0.2) is 52.3 Å². The third-order valence-electron chi connectivity index (χ3n) is 3.48. The first-order chi connectivity index (χ1) is 12.0. The predicted octanol–water partition coefficient (Wildman–Crippen LogP) is 4.75. The molecule has 2 rings (SSSR count). The van der Waals surface area contributed by atoms with Crippen molar-refractivity contribution in [2.24, 2.45) is 0 Å². The van der Waals surface area contributed by atoms with Crippen LogP contribution in [0.5, 0.6) is 5.75 Å². The molecule has 0 heterocycles. The second-order valence-electron chi connectivity index (χ2n) is 5.44. The Morgan fingerprint density at radius 3 is 2.23 bits per heavy atom. The number of hydrogen-bond donors (Lipinski definition) is 2. The highest BCUT2D eigenvalue weighted by Crippen LogP contribution is 2.35. The van der Waals surface area contributed by atoms with Gasteiger partial charge >= 0.3 is 6.18 Å². The van der Waals surface area contributed by atoms with Crippen molar-refractivity contribution in [1.82, 2.24) is 0 Å². The molecule has 0 aliphatic heterocycles. The Morgan fingerprint density at radius 2 is 1.73 bits per heavy atom. The van der Waals surface area contributed by atoms with E-state index >= 15 is 0 Å². The Balaban J connectivity index is 2.12. The van der Waals surface area contributed by atoms with Gasteiger partial charge in [-0.05, 0) is 49.4 Å². The molecule has 9 heteroatoms. The molecule has 0 aliphatic rings. The summed E-state index contributed by atoms with van der Waals surface area (Å²) in [7, 11) is 1.56. The number of aliphatic hydroxyl groups is 1. The largest absolute Gasteiger partial charge is 0.497 e. The van der Waals surface area contributed by atoms with E-state index in [1.54, 1.807) is 25.3 Å². The van der Waals surface area contributed by atoms with Crippen LogP contribution in [0.25, 0.3) is 0 Å². The van der Waals surface area contributed by atoms with Crippen molar-refractivity contribution in [2.45, 2.75) is 28.5 Å². The standard InChI is InChI=1S/C17H15ClF3NO3S/c1-16(24,17(19,20)21)15(23)22-14-8-7-12(9-13(14)18)26-11-5-3-10(25-2)4-6-11/h3-9,24H,1-2H3,(H,22,23). The Kier molecular flexibility index (Phi) is 6.10. The molecule has 2 aromatic rings. The summed E-state index contributed by atoms with van der Waals surface area (Å²) in [5, 5.41) is 11.4. The van der Waals surface area contributed by atoms with Gasteiger partial charge in [-0.15, -0.1) is 0 Å². The molecule has 0 spiro atoms. The minimum Gasteiger partial charge on any atom is -0.497 e. The van der Waals surface area contributed by atoms with Gasteiger partial charge in [0.25, 0.3) is 5.91 Å². The van der Waals surface area contributed by atoms with Crippen molar-refractivity contribution in [3.63, 3.8) is 0 Å². The number of amides is 1. The first-order valence-electron chi connectivity index (χ1n) is 7.26. The van der Waals surface area contributed by atoms with Gasteiger partial charge in [-0.1, -0.05) is 23.4 Å². The molecule has 0 aromatic heterocycles. The molecule has 2 aromatic carbocycles. The summed E-state index contributed by atoms with van der Waals surface area (Å²) in [6.45, 7) is 0.379. The first-order valence-corrected chi connectivity index (χ1v) is 8.46. The summed E-state index contributed by atoms with van der Waals surface area (Å²) in [6, 6.07) is 11.7. The fraction of sp³-hybridized carbons (Fsp3) is 0.235. The van der Waals surface area contributed by atoms with E-state index in [9.17, 15) is 23.1 Å². The highest BCUT2D eigenvalue weighted by molar-refractivity contribution is 7.99. The fourth-order valence-corrected chi connectivity index (χ4v) is 2.96. The quantitative estimate of drug-likeness (QED) is 0.753. The van der Waals surface area contributed by atoms with E-state index in [-0.39, 0.29) is 10.7 Å². The average Bonchev–Trinajstić information content (AvgIpc) is 2.57. The van der Waals surface area contributed by atoms with Gasteiger partial charge in [0.15, 0.2) is 0 Å². The maximum absolute atomic E-state index is 12.7. The molecule has 1 amide bonds. The lowest BCUT2D eigenvalue weighted by Gasteiger charge is -2.25. The fourth-order valence-electron chi connectivity index (χ4n) is 1.81. The number of rotatable bonds is 5. The Hall–Kier alpha value is -1.90. The van der Waals surface area contributed by atoms with Crippen molar-refractivity contribution in [2.75, 3.05) is 12.4 Å². The number of nitrogens with one attached hydrogen (secondary N) is 1. The van der Waals surface area contributed by atoms with Gasteiger partial charge in [0, 0.05) is 9.79 Å². The molecule has 0 saturated heterocycles. The molecule has 0 radical (unpaired) electrons. The van der Waals surface area contributed by atoms with E-state index in [0.717, 1.165) is 9.79 Å². The lowest BCUT2D eigenvalue weighted by molar-refractivity contribution is -0.242. The van der Waals surface area contributed by atoms with E-state index < -0.39 is 17.7 Å². The van der Waals surface area contributed by atoms with Crippen LogP contribution in [0.1, 0.15) is 6.92 Å². The number of ether oxygens (including phenoxy) is 1. The average molecular weight is 406 g/mol. The number of anilines is 1. The maximum Gasteiger partial charge on any atom is 0.426 e. The third-order valence-corrected chi connectivity index (χ3v) is 4.79. The summed E-state index contributed by atoms with van der Waals surface area (Å²) in [4.78, 5) is 13.3. The number of benzene rings is 2. The summed E-state index contributed by atoms with van der Waals surface area (Å²) in [5.74, 6) is -0.899. The Labute approximate surface area is 157 Å². The van der Waals surface area contributed by atoms with E-state index in [0.29, 0.717) is 12.7 Å². The van der Waals surface area contributed by atoms with Crippen LogP contribution in [-0.2, 0) is 4.79 Å². The minimum absolute atomic E-state index is 0.0275. The highest BCUT2D eigenvalue weighted by Gasteiger charge is 2.55. The number of alkyl halides is 3. The molecular formula is C17H15ClF3NO3S. The second kappa shape index (κ2) is 7.77. The lowest BCUT2D eigenvalue weighted by Crippen LogP contribution is -2.52. The number of carbonyl (C=O) groups excluding carboxylic acids is 1. The SMILES string of the molecule is COc1ccc(Sc2ccc(NC(=O)C(C)(O)C(F)(F)F)c(Cl)c2)cc1. The third kappa shape index (κ3) is 4.63. The number of methoxy groups -OCH3 is 1. The normalized spacial score (nSPS) is 13.8. The number of carbonyl (C=O) groups is 1. The van der Waals surface area contributed by atoms with Crippen LogP contribution in [0, 0.1) is 0 Å². The zero-order chi connectivity index (χ0) is 19.5. The second-order valence-corrected chi connectivity index (χ2v) is 7.00. The molecule has 0 bridgehead atoms. The summed E-state index contributed by atoms with van der Waals surface area (Å²) in [5.41, 5.74) is -3.55. The van der Waals surface area contributed by atoms with Crippen LogP contribution in [0.4, 0.5) is 18.9 Å². The van der Waals surface area contributed by atoms with E-state index in [1.165, 1.54) is 23.9 Å². The van der Waals surface area contributed by atoms with Crippen molar-refractivity contribution >= 4 is 35.0 Å². The zero-order valence-corrected chi connectivity index (χ0v) is 15.3. The topological polar surface area (TPSA) is 58.6 Å². The Bertz CT molecular complexity index is 795. The smallest absolute Gasteiger partial charge is 0.426 e. The summed E-state index contributed by atoms with van der Waals surface area (Å²) < 4.78 is 43.1.